The summed E-state index contributed by atoms with van der Waals surface area (Å²) in [5.74, 6) is 2.13. The third-order valence-corrected chi connectivity index (χ3v) is 5.77. The van der Waals surface area contributed by atoms with Crippen LogP contribution in [0.3, 0.4) is 0 Å². The summed E-state index contributed by atoms with van der Waals surface area (Å²) >= 11 is 0. The van der Waals surface area contributed by atoms with Gasteiger partial charge in [-0.05, 0) is 36.4 Å². The molecule has 1 aromatic carbocycles. The van der Waals surface area contributed by atoms with Crippen molar-refractivity contribution in [2.75, 3.05) is 75.8 Å². The predicted molar refractivity (Wildman–Crippen MR) is 115 cm³/mol. The van der Waals surface area contributed by atoms with Gasteiger partial charge in [-0.3, -0.25) is 9.69 Å². The average Bonchev–Trinajstić information content (AvgIpc) is 2.80. The molecule has 0 bridgehead atoms. The molecule has 1 aromatic heterocycles. The number of methoxy groups -OCH3 is 1. The first-order valence-electron chi connectivity index (χ1n) is 10.3. The number of anilines is 2. The highest BCUT2D eigenvalue weighted by atomic mass is 16.5. The van der Waals surface area contributed by atoms with E-state index in [2.05, 4.69) is 31.8 Å². The molecule has 2 aliphatic heterocycles. The fourth-order valence-electron chi connectivity index (χ4n) is 3.97. The number of ether oxygens (including phenoxy) is 1. The van der Waals surface area contributed by atoms with Gasteiger partial charge in [-0.25, -0.2) is 4.98 Å². The summed E-state index contributed by atoms with van der Waals surface area (Å²) in [6, 6.07) is 14.1. The minimum Gasteiger partial charge on any atom is -0.497 e. The van der Waals surface area contributed by atoms with Crippen LogP contribution in [-0.4, -0.2) is 86.7 Å². The summed E-state index contributed by atoms with van der Waals surface area (Å²) in [6.07, 6.45) is 1.83. The molecule has 0 aliphatic carbocycles. The molecule has 154 valence electrons. The topological polar surface area (TPSA) is 52.2 Å². The average molecular weight is 396 g/mol. The van der Waals surface area contributed by atoms with Crippen molar-refractivity contribution in [1.82, 2.24) is 14.8 Å². The highest BCUT2D eigenvalue weighted by Crippen LogP contribution is 2.20. The number of rotatable bonds is 5. The number of pyridine rings is 1. The van der Waals surface area contributed by atoms with Crippen LogP contribution >= 0.6 is 0 Å². The van der Waals surface area contributed by atoms with E-state index in [0.29, 0.717) is 6.54 Å². The lowest BCUT2D eigenvalue weighted by molar-refractivity contribution is -0.132. The Morgan fingerprint density at radius 2 is 1.59 bits per heavy atom. The zero-order chi connectivity index (χ0) is 20.1. The third kappa shape index (κ3) is 4.79. The van der Waals surface area contributed by atoms with Gasteiger partial charge in [0.15, 0.2) is 0 Å². The maximum atomic E-state index is 12.8. The predicted octanol–water partition coefficient (Wildman–Crippen LogP) is 1.56. The second-order valence-electron chi connectivity index (χ2n) is 7.52. The lowest BCUT2D eigenvalue weighted by Gasteiger charge is -2.39. The van der Waals surface area contributed by atoms with Gasteiger partial charge in [-0.15, -0.1) is 0 Å². The van der Waals surface area contributed by atoms with E-state index >= 15 is 0 Å². The van der Waals surface area contributed by atoms with Gasteiger partial charge in [0.25, 0.3) is 0 Å². The van der Waals surface area contributed by atoms with Gasteiger partial charge in [-0.2, -0.15) is 0 Å². The normalized spacial score (nSPS) is 18.0. The smallest absolute Gasteiger partial charge is 0.236 e. The largest absolute Gasteiger partial charge is 0.497 e. The second-order valence-corrected chi connectivity index (χ2v) is 7.52. The number of carbonyl (C=O) groups excluding carboxylic acids is 1. The lowest BCUT2D eigenvalue weighted by Crippen LogP contribution is -2.54. The maximum absolute atomic E-state index is 12.8. The van der Waals surface area contributed by atoms with Crippen molar-refractivity contribution in [2.45, 2.75) is 0 Å². The molecule has 2 aromatic rings. The summed E-state index contributed by atoms with van der Waals surface area (Å²) in [6.45, 7) is 7.42. The second kappa shape index (κ2) is 9.13. The molecule has 1 amide bonds. The van der Waals surface area contributed by atoms with Gasteiger partial charge < -0.3 is 19.4 Å². The first kappa shape index (κ1) is 19.5. The van der Waals surface area contributed by atoms with E-state index in [9.17, 15) is 4.79 Å². The van der Waals surface area contributed by atoms with E-state index in [1.54, 1.807) is 7.11 Å². The number of piperazine rings is 2. The number of nitrogens with zero attached hydrogens (tertiary/aromatic N) is 5. The Morgan fingerprint density at radius 1 is 0.897 bits per heavy atom. The molecule has 0 atom stereocenters. The van der Waals surface area contributed by atoms with Crippen molar-refractivity contribution in [3.8, 4) is 5.75 Å². The minimum atomic E-state index is 0.241. The molecule has 2 fully saturated rings. The van der Waals surface area contributed by atoms with E-state index in [4.69, 9.17) is 4.74 Å². The van der Waals surface area contributed by atoms with E-state index in [0.717, 1.165) is 63.9 Å². The van der Waals surface area contributed by atoms with Crippen LogP contribution < -0.4 is 14.5 Å². The molecular formula is C22H29N5O2. The van der Waals surface area contributed by atoms with Crippen molar-refractivity contribution >= 4 is 17.4 Å². The summed E-state index contributed by atoms with van der Waals surface area (Å²) in [5, 5.41) is 0. The molecule has 0 saturated carbocycles. The van der Waals surface area contributed by atoms with Crippen LogP contribution in [0.5, 0.6) is 5.75 Å². The number of hydrogen-bond acceptors (Lipinski definition) is 6. The van der Waals surface area contributed by atoms with Gasteiger partial charge in [0.05, 0.1) is 13.7 Å². The summed E-state index contributed by atoms with van der Waals surface area (Å²) in [7, 11) is 1.68. The standard InChI is InChI=1S/C22H29N5O2/c1-29-20-7-5-19(6-8-20)25-14-16-27(17-15-25)22(28)18-24-10-12-26(13-11-24)21-4-2-3-9-23-21/h2-9H,10-18H2,1H3. The van der Waals surface area contributed by atoms with Gasteiger partial charge in [0.2, 0.25) is 5.91 Å². The van der Waals surface area contributed by atoms with E-state index in [1.165, 1.54) is 5.69 Å². The van der Waals surface area contributed by atoms with Gasteiger partial charge in [-0.1, -0.05) is 6.07 Å². The van der Waals surface area contributed by atoms with Gasteiger partial charge in [0, 0.05) is 64.2 Å². The molecule has 7 nitrogen and oxygen atoms in total. The molecule has 7 heteroatoms. The SMILES string of the molecule is COc1ccc(N2CCN(C(=O)CN3CCN(c4ccccn4)CC3)CC2)cc1. The van der Waals surface area contributed by atoms with Gasteiger partial charge in [0.1, 0.15) is 11.6 Å². The molecule has 0 spiro atoms. The molecule has 3 heterocycles. The Hall–Kier alpha value is -2.80. The van der Waals surface area contributed by atoms with Crippen LogP contribution in [0.15, 0.2) is 48.7 Å². The van der Waals surface area contributed by atoms with Gasteiger partial charge >= 0.3 is 0 Å². The summed E-state index contributed by atoms with van der Waals surface area (Å²) in [4.78, 5) is 26.1. The minimum absolute atomic E-state index is 0.241. The molecule has 0 unspecified atom stereocenters. The van der Waals surface area contributed by atoms with Crippen molar-refractivity contribution in [2.24, 2.45) is 0 Å². The van der Waals surface area contributed by atoms with E-state index in [-0.39, 0.29) is 5.91 Å². The number of amides is 1. The van der Waals surface area contributed by atoms with Crippen molar-refractivity contribution in [3.63, 3.8) is 0 Å². The Kier molecular flexibility index (Phi) is 6.14. The number of carbonyl (C=O) groups is 1. The highest BCUT2D eigenvalue weighted by molar-refractivity contribution is 5.78. The van der Waals surface area contributed by atoms with Crippen molar-refractivity contribution < 1.29 is 9.53 Å². The van der Waals surface area contributed by atoms with Crippen LogP contribution in [0.4, 0.5) is 11.5 Å². The molecule has 0 N–H and O–H groups in total. The van der Waals surface area contributed by atoms with Crippen LogP contribution in [0.25, 0.3) is 0 Å². The fourth-order valence-corrected chi connectivity index (χ4v) is 3.97. The molecule has 2 saturated heterocycles. The fraction of sp³-hybridized carbons (Fsp3) is 0.455. The van der Waals surface area contributed by atoms with Crippen molar-refractivity contribution in [3.05, 3.63) is 48.7 Å². The first-order chi connectivity index (χ1) is 14.2. The van der Waals surface area contributed by atoms with Crippen LogP contribution in [0.1, 0.15) is 0 Å². The van der Waals surface area contributed by atoms with Crippen LogP contribution in [0.2, 0.25) is 0 Å². The third-order valence-electron chi connectivity index (χ3n) is 5.77. The molecule has 2 aliphatic rings. The maximum Gasteiger partial charge on any atom is 0.236 e. The Bertz CT molecular complexity index is 783. The lowest BCUT2D eigenvalue weighted by atomic mass is 10.2. The monoisotopic (exact) mass is 395 g/mol. The quantitative estimate of drug-likeness (QED) is 0.766. The number of aromatic nitrogens is 1. The molecule has 29 heavy (non-hydrogen) atoms. The van der Waals surface area contributed by atoms with Crippen LogP contribution in [-0.2, 0) is 4.79 Å². The highest BCUT2D eigenvalue weighted by Gasteiger charge is 2.25. The number of hydrogen-bond donors (Lipinski definition) is 0. The summed E-state index contributed by atoms with van der Waals surface area (Å²) in [5.41, 5.74) is 1.18. The first-order valence-corrected chi connectivity index (χ1v) is 10.3. The van der Waals surface area contributed by atoms with E-state index < -0.39 is 0 Å². The molecule has 0 radical (unpaired) electrons. The Morgan fingerprint density at radius 3 is 2.21 bits per heavy atom. The van der Waals surface area contributed by atoms with Crippen LogP contribution in [0, 0.1) is 0 Å². The summed E-state index contributed by atoms with van der Waals surface area (Å²) < 4.78 is 5.23. The molecule has 4 rings (SSSR count). The number of benzene rings is 1. The van der Waals surface area contributed by atoms with Crippen molar-refractivity contribution in [1.29, 1.82) is 0 Å². The van der Waals surface area contributed by atoms with E-state index in [1.807, 2.05) is 41.4 Å². The Labute approximate surface area is 172 Å². The Balaban J connectivity index is 1.22. The zero-order valence-corrected chi connectivity index (χ0v) is 17.0. The zero-order valence-electron chi connectivity index (χ0n) is 17.0. The molecular weight excluding hydrogens is 366 g/mol.